The molecule has 0 saturated heterocycles. The van der Waals surface area contributed by atoms with Gasteiger partial charge in [-0.1, -0.05) is 12.1 Å². The first-order valence-electron chi connectivity index (χ1n) is 7.55. The van der Waals surface area contributed by atoms with E-state index < -0.39 is 6.10 Å². The number of aryl methyl sites for hydroxylation is 2. The van der Waals surface area contributed by atoms with Gasteiger partial charge < -0.3 is 15.2 Å². The van der Waals surface area contributed by atoms with E-state index in [1.54, 1.807) is 18.4 Å². The summed E-state index contributed by atoms with van der Waals surface area (Å²) in [6, 6.07) is 7.49. The van der Waals surface area contributed by atoms with Gasteiger partial charge in [-0.15, -0.1) is 11.3 Å². The van der Waals surface area contributed by atoms with Crippen LogP contribution < -0.4 is 10.1 Å². The molecule has 1 atom stereocenters. The van der Waals surface area contributed by atoms with Crippen LogP contribution in [-0.2, 0) is 6.54 Å². The first-order valence-corrected chi connectivity index (χ1v) is 8.37. The molecule has 0 saturated carbocycles. The van der Waals surface area contributed by atoms with Crippen molar-refractivity contribution in [3.8, 4) is 5.75 Å². The Morgan fingerprint density at radius 2 is 2.04 bits per heavy atom. The monoisotopic (exact) mass is 331 g/mol. The molecule has 1 unspecified atom stereocenters. The molecule has 0 radical (unpaired) electrons. The maximum atomic E-state index is 10.3. The van der Waals surface area contributed by atoms with Gasteiger partial charge in [-0.2, -0.15) is 0 Å². The van der Waals surface area contributed by atoms with Gasteiger partial charge in [0.25, 0.3) is 0 Å². The zero-order chi connectivity index (χ0) is 16.4. The molecule has 0 aliphatic rings. The number of imidazole rings is 1. The Balaban J connectivity index is 1.62. The summed E-state index contributed by atoms with van der Waals surface area (Å²) in [6.07, 6.45) is 1.56. The summed E-state index contributed by atoms with van der Waals surface area (Å²) in [4.78, 5) is 6.84. The van der Waals surface area contributed by atoms with E-state index >= 15 is 0 Å². The van der Waals surface area contributed by atoms with Crippen molar-refractivity contribution in [1.82, 2.24) is 14.7 Å². The number of ether oxygens (including phenoxy) is 1. The molecular weight excluding hydrogens is 310 g/mol. The smallest absolute Gasteiger partial charge is 0.194 e. The first-order chi connectivity index (χ1) is 11.1. The van der Waals surface area contributed by atoms with E-state index in [4.69, 9.17) is 4.74 Å². The van der Waals surface area contributed by atoms with Crippen LogP contribution in [0.5, 0.6) is 5.75 Å². The second-order valence-corrected chi connectivity index (χ2v) is 6.77. The van der Waals surface area contributed by atoms with Crippen LogP contribution in [0.3, 0.4) is 0 Å². The lowest BCUT2D eigenvalue weighted by molar-refractivity contribution is 0.174. The second-order valence-electron chi connectivity index (χ2n) is 5.56. The van der Waals surface area contributed by atoms with Crippen molar-refractivity contribution >= 4 is 16.3 Å². The molecular formula is C17H21N3O2S. The predicted molar refractivity (Wildman–Crippen MR) is 92.2 cm³/mol. The SMILES string of the molecule is COc1ccc(C(O)CNCc2c(C)nc3sc(C)cn23)cc1. The van der Waals surface area contributed by atoms with Crippen molar-refractivity contribution < 1.29 is 9.84 Å². The number of aromatic nitrogens is 2. The van der Waals surface area contributed by atoms with E-state index in [0.717, 1.165) is 27.7 Å². The largest absolute Gasteiger partial charge is 0.497 e. The van der Waals surface area contributed by atoms with Gasteiger partial charge >= 0.3 is 0 Å². The molecule has 0 amide bonds. The van der Waals surface area contributed by atoms with E-state index in [2.05, 4.69) is 27.8 Å². The average Bonchev–Trinajstić information content (AvgIpc) is 3.03. The molecule has 0 fully saturated rings. The van der Waals surface area contributed by atoms with Crippen LogP contribution >= 0.6 is 11.3 Å². The maximum absolute atomic E-state index is 10.3. The molecule has 3 rings (SSSR count). The number of aliphatic hydroxyl groups is 1. The Hall–Kier alpha value is -1.89. The van der Waals surface area contributed by atoms with Crippen molar-refractivity contribution in [2.45, 2.75) is 26.5 Å². The van der Waals surface area contributed by atoms with E-state index in [1.807, 2.05) is 31.2 Å². The minimum absolute atomic E-state index is 0.488. The Morgan fingerprint density at radius 3 is 2.74 bits per heavy atom. The summed E-state index contributed by atoms with van der Waals surface area (Å²) in [5.41, 5.74) is 3.05. The Kier molecular flexibility index (Phi) is 4.66. The van der Waals surface area contributed by atoms with Crippen LogP contribution in [0.25, 0.3) is 4.96 Å². The van der Waals surface area contributed by atoms with Crippen molar-refractivity contribution in [3.63, 3.8) is 0 Å². The third-order valence-electron chi connectivity index (χ3n) is 3.87. The highest BCUT2D eigenvalue weighted by molar-refractivity contribution is 7.17. The van der Waals surface area contributed by atoms with Gasteiger partial charge in [-0.25, -0.2) is 4.98 Å². The normalized spacial score (nSPS) is 12.7. The molecule has 0 bridgehead atoms. The standard InChI is InChI=1S/C17H21N3O2S/c1-11-10-20-15(12(2)19-17(20)23-11)8-18-9-16(21)13-4-6-14(22-3)7-5-13/h4-7,10,16,18,21H,8-9H2,1-3H3. The van der Waals surface area contributed by atoms with Crippen molar-refractivity contribution in [1.29, 1.82) is 0 Å². The number of benzene rings is 1. The number of rotatable bonds is 6. The van der Waals surface area contributed by atoms with Gasteiger partial charge in [-0.05, 0) is 31.5 Å². The van der Waals surface area contributed by atoms with Gasteiger partial charge in [0.1, 0.15) is 5.75 Å². The highest BCUT2D eigenvalue weighted by atomic mass is 32.1. The quantitative estimate of drug-likeness (QED) is 0.729. The molecule has 2 heterocycles. The lowest BCUT2D eigenvalue weighted by atomic mass is 10.1. The first kappa shape index (κ1) is 16.0. The van der Waals surface area contributed by atoms with Crippen LogP contribution in [0.2, 0.25) is 0 Å². The number of fused-ring (bicyclic) bond motifs is 1. The van der Waals surface area contributed by atoms with Crippen molar-refractivity contribution in [3.05, 3.63) is 52.3 Å². The third kappa shape index (κ3) is 3.39. The van der Waals surface area contributed by atoms with Crippen LogP contribution in [0.1, 0.15) is 27.9 Å². The molecule has 0 spiro atoms. The third-order valence-corrected chi connectivity index (χ3v) is 4.77. The summed E-state index contributed by atoms with van der Waals surface area (Å²) in [6.45, 7) is 5.27. The highest BCUT2D eigenvalue weighted by Crippen LogP contribution is 2.21. The number of nitrogens with one attached hydrogen (secondary N) is 1. The number of methoxy groups -OCH3 is 1. The molecule has 0 aliphatic heterocycles. The topological polar surface area (TPSA) is 58.8 Å². The average molecular weight is 331 g/mol. The second kappa shape index (κ2) is 6.70. The fourth-order valence-corrected chi connectivity index (χ4v) is 3.48. The number of thiazole rings is 1. The number of aliphatic hydroxyl groups excluding tert-OH is 1. The Labute approximate surface area is 139 Å². The number of nitrogens with zero attached hydrogens (tertiary/aromatic N) is 2. The van der Waals surface area contributed by atoms with E-state index in [-0.39, 0.29) is 0 Å². The summed E-state index contributed by atoms with van der Waals surface area (Å²) in [7, 11) is 1.63. The number of hydrogen-bond acceptors (Lipinski definition) is 5. The van der Waals surface area contributed by atoms with E-state index in [1.165, 1.54) is 4.88 Å². The van der Waals surface area contributed by atoms with Crippen molar-refractivity contribution in [2.75, 3.05) is 13.7 Å². The van der Waals surface area contributed by atoms with Gasteiger partial charge in [0.15, 0.2) is 4.96 Å². The summed E-state index contributed by atoms with van der Waals surface area (Å²) < 4.78 is 7.26. The van der Waals surface area contributed by atoms with Gasteiger partial charge in [-0.3, -0.25) is 4.40 Å². The fourth-order valence-electron chi connectivity index (χ4n) is 2.59. The molecule has 23 heavy (non-hydrogen) atoms. The Morgan fingerprint density at radius 1 is 1.30 bits per heavy atom. The predicted octanol–water partition coefficient (Wildman–Crippen LogP) is 2.84. The molecule has 5 nitrogen and oxygen atoms in total. The maximum Gasteiger partial charge on any atom is 0.194 e. The zero-order valence-corrected chi connectivity index (χ0v) is 14.4. The van der Waals surface area contributed by atoms with Crippen LogP contribution in [-0.4, -0.2) is 28.1 Å². The van der Waals surface area contributed by atoms with E-state index in [9.17, 15) is 5.11 Å². The van der Waals surface area contributed by atoms with Crippen LogP contribution in [0.15, 0.2) is 30.5 Å². The number of hydrogen-bond donors (Lipinski definition) is 2. The lowest BCUT2D eigenvalue weighted by Gasteiger charge is -2.13. The molecule has 6 heteroatoms. The molecule has 122 valence electrons. The van der Waals surface area contributed by atoms with Gasteiger partial charge in [0.05, 0.1) is 24.6 Å². The summed E-state index contributed by atoms with van der Waals surface area (Å²) in [5.74, 6) is 0.791. The molecule has 2 aromatic heterocycles. The molecule has 1 aromatic carbocycles. The summed E-state index contributed by atoms with van der Waals surface area (Å²) in [5, 5.41) is 13.6. The van der Waals surface area contributed by atoms with Crippen LogP contribution in [0, 0.1) is 13.8 Å². The lowest BCUT2D eigenvalue weighted by Crippen LogP contribution is -2.22. The van der Waals surface area contributed by atoms with Crippen LogP contribution in [0.4, 0.5) is 0 Å². The molecule has 3 aromatic rings. The van der Waals surface area contributed by atoms with Gasteiger partial charge in [0.2, 0.25) is 0 Å². The zero-order valence-electron chi connectivity index (χ0n) is 13.5. The van der Waals surface area contributed by atoms with Crippen molar-refractivity contribution in [2.24, 2.45) is 0 Å². The minimum atomic E-state index is -0.547. The van der Waals surface area contributed by atoms with Gasteiger partial charge in [0, 0.05) is 24.2 Å². The highest BCUT2D eigenvalue weighted by Gasteiger charge is 2.12. The minimum Gasteiger partial charge on any atom is -0.497 e. The Bertz CT molecular complexity index is 792. The fraction of sp³-hybridized carbons (Fsp3) is 0.353. The molecule has 2 N–H and O–H groups in total. The summed E-state index contributed by atoms with van der Waals surface area (Å²) >= 11 is 1.69. The van der Waals surface area contributed by atoms with E-state index in [0.29, 0.717) is 13.1 Å². The molecule has 0 aliphatic carbocycles.